The van der Waals surface area contributed by atoms with Gasteiger partial charge in [-0.3, -0.25) is 0 Å². The normalized spacial score (nSPS) is 44.3. The van der Waals surface area contributed by atoms with Crippen molar-refractivity contribution in [3.05, 3.63) is 12.2 Å². The van der Waals surface area contributed by atoms with Gasteiger partial charge in [-0.05, 0) is 43.6 Å². The van der Waals surface area contributed by atoms with Crippen molar-refractivity contribution in [1.29, 1.82) is 0 Å². The van der Waals surface area contributed by atoms with Gasteiger partial charge in [0.1, 0.15) is 0 Å². The summed E-state index contributed by atoms with van der Waals surface area (Å²) in [5.41, 5.74) is 5.66. The van der Waals surface area contributed by atoms with E-state index in [1.54, 1.807) is 0 Å². The monoisotopic (exact) mass is 137 g/mol. The van der Waals surface area contributed by atoms with Crippen molar-refractivity contribution >= 4 is 0 Å². The molecule has 1 heteroatoms. The Bertz CT molecular complexity index is 151. The zero-order valence-electron chi connectivity index (χ0n) is 6.29. The fraction of sp³-hybridized carbons (Fsp3) is 0.778. The molecule has 3 rings (SSSR count). The van der Waals surface area contributed by atoms with Crippen molar-refractivity contribution in [2.45, 2.75) is 19.3 Å². The summed E-state index contributed by atoms with van der Waals surface area (Å²) in [5, 5.41) is 0. The van der Waals surface area contributed by atoms with E-state index >= 15 is 0 Å². The molecule has 2 bridgehead atoms. The van der Waals surface area contributed by atoms with E-state index in [2.05, 4.69) is 12.2 Å². The molecule has 1 fully saturated rings. The fourth-order valence-corrected chi connectivity index (χ4v) is 2.32. The molecule has 0 aromatic rings. The molecule has 10 heavy (non-hydrogen) atoms. The lowest BCUT2D eigenvalue weighted by molar-refractivity contribution is 0.227. The maximum atomic E-state index is 5.66. The molecule has 0 aromatic heterocycles. The highest BCUT2D eigenvalue weighted by atomic mass is 14.6. The average Bonchev–Trinajstić information content (AvgIpc) is 2.06. The Balaban J connectivity index is 2.11. The van der Waals surface area contributed by atoms with Gasteiger partial charge in [-0.25, -0.2) is 0 Å². The van der Waals surface area contributed by atoms with Gasteiger partial charge < -0.3 is 5.73 Å². The summed E-state index contributed by atoms with van der Waals surface area (Å²) in [5.74, 6) is 2.51. The van der Waals surface area contributed by atoms with Gasteiger partial charge in [-0.1, -0.05) is 12.2 Å². The van der Waals surface area contributed by atoms with E-state index in [1.807, 2.05) is 0 Å². The topological polar surface area (TPSA) is 26.0 Å². The smallest absolute Gasteiger partial charge is 0.00430 e. The van der Waals surface area contributed by atoms with E-state index in [0.29, 0.717) is 0 Å². The van der Waals surface area contributed by atoms with Gasteiger partial charge in [0.25, 0.3) is 0 Å². The van der Waals surface area contributed by atoms with Crippen LogP contribution in [0.1, 0.15) is 19.3 Å². The van der Waals surface area contributed by atoms with E-state index in [1.165, 1.54) is 19.3 Å². The molecule has 3 aliphatic rings. The third kappa shape index (κ3) is 0.891. The van der Waals surface area contributed by atoms with E-state index in [0.717, 1.165) is 24.3 Å². The van der Waals surface area contributed by atoms with Crippen LogP contribution in [-0.4, -0.2) is 6.54 Å². The van der Waals surface area contributed by atoms with Crippen molar-refractivity contribution in [2.24, 2.45) is 23.5 Å². The van der Waals surface area contributed by atoms with Crippen LogP contribution >= 0.6 is 0 Å². The highest BCUT2D eigenvalue weighted by Gasteiger charge is 2.30. The van der Waals surface area contributed by atoms with Crippen molar-refractivity contribution in [2.75, 3.05) is 6.54 Å². The van der Waals surface area contributed by atoms with Gasteiger partial charge in [0.2, 0.25) is 0 Å². The molecule has 0 heterocycles. The SMILES string of the molecule is NCC1CC2C=CC1CC2. The third-order valence-electron chi connectivity index (χ3n) is 3.02. The average molecular weight is 137 g/mol. The minimum Gasteiger partial charge on any atom is -0.330 e. The largest absolute Gasteiger partial charge is 0.330 e. The zero-order chi connectivity index (χ0) is 6.97. The van der Waals surface area contributed by atoms with Crippen LogP contribution in [0.3, 0.4) is 0 Å². The van der Waals surface area contributed by atoms with E-state index in [-0.39, 0.29) is 0 Å². The minimum absolute atomic E-state index is 0.809. The first kappa shape index (κ1) is 6.41. The van der Waals surface area contributed by atoms with Crippen molar-refractivity contribution < 1.29 is 0 Å². The molecule has 0 radical (unpaired) electrons. The lowest BCUT2D eigenvalue weighted by Gasteiger charge is -2.37. The van der Waals surface area contributed by atoms with E-state index < -0.39 is 0 Å². The van der Waals surface area contributed by atoms with Gasteiger partial charge in [-0.2, -0.15) is 0 Å². The van der Waals surface area contributed by atoms with Gasteiger partial charge in [0.15, 0.2) is 0 Å². The second-order valence-electron chi connectivity index (χ2n) is 3.62. The zero-order valence-corrected chi connectivity index (χ0v) is 6.29. The van der Waals surface area contributed by atoms with Crippen LogP contribution in [0.5, 0.6) is 0 Å². The maximum Gasteiger partial charge on any atom is -0.00430 e. The molecule has 1 saturated carbocycles. The number of fused-ring (bicyclic) bond motifs is 2. The van der Waals surface area contributed by atoms with Crippen LogP contribution in [0, 0.1) is 17.8 Å². The summed E-state index contributed by atoms with van der Waals surface area (Å²) < 4.78 is 0. The molecular weight excluding hydrogens is 122 g/mol. The molecule has 3 aliphatic carbocycles. The number of hydrogen-bond acceptors (Lipinski definition) is 1. The Kier molecular flexibility index (Phi) is 1.53. The molecule has 56 valence electrons. The second kappa shape index (κ2) is 2.39. The van der Waals surface area contributed by atoms with Crippen molar-refractivity contribution in [3.8, 4) is 0 Å². The molecule has 0 saturated heterocycles. The van der Waals surface area contributed by atoms with E-state index in [4.69, 9.17) is 5.73 Å². The van der Waals surface area contributed by atoms with Crippen LogP contribution in [0.15, 0.2) is 12.2 Å². The van der Waals surface area contributed by atoms with Crippen LogP contribution in [0.25, 0.3) is 0 Å². The molecule has 0 amide bonds. The third-order valence-corrected chi connectivity index (χ3v) is 3.02. The van der Waals surface area contributed by atoms with Gasteiger partial charge in [-0.15, -0.1) is 0 Å². The second-order valence-corrected chi connectivity index (χ2v) is 3.62. The molecule has 1 nitrogen and oxygen atoms in total. The summed E-state index contributed by atoms with van der Waals surface area (Å²) in [6, 6.07) is 0. The summed E-state index contributed by atoms with van der Waals surface area (Å²) in [6.45, 7) is 0.894. The number of rotatable bonds is 1. The first-order chi connectivity index (χ1) is 4.90. The summed E-state index contributed by atoms with van der Waals surface area (Å²) in [6.07, 6.45) is 8.94. The molecule has 3 unspecified atom stereocenters. The first-order valence-electron chi connectivity index (χ1n) is 4.28. The number of hydrogen-bond donors (Lipinski definition) is 1. The van der Waals surface area contributed by atoms with Crippen molar-refractivity contribution in [1.82, 2.24) is 0 Å². The Morgan fingerprint density at radius 2 is 2.20 bits per heavy atom. The summed E-state index contributed by atoms with van der Waals surface area (Å²) >= 11 is 0. The van der Waals surface area contributed by atoms with Gasteiger partial charge in [0.05, 0.1) is 0 Å². The Labute approximate surface area is 62.3 Å². The maximum absolute atomic E-state index is 5.66. The Morgan fingerprint density at radius 1 is 1.30 bits per heavy atom. The lowest BCUT2D eigenvalue weighted by atomic mass is 9.69. The highest BCUT2D eigenvalue weighted by molar-refractivity contribution is 5.06. The highest BCUT2D eigenvalue weighted by Crippen LogP contribution is 2.39. The molecule has 3 atom stereocenters. The molecular formula is C9H15N. The van der Waals surface area contributed by atoms with Crippen molar-refractivity contribution in [3.63, 3.8) is 0 Å². The summed E-state index contributed by atoms with van der Waals surface area (Å²) in [7, 11) is 0. The first-order valence-corrected chi connectivity index (χ1v) is 4.28. The van der Waals surface area contributed by atoms with Gasteiger partial charge in [0, 0.05) is 0 Å². The predicted octanol–water partition coefficient (Wildman–Crippen LogP) is 1.55. The lowest BCUT2D eigenvalue weighted by Crippen LogP contribution is -2.32. The standard InChI is InChI=1S/C9H15N/c10-6-9-5-7-1-3-8(9)4-2-7/h1,3,7-9H,2,4-6,10H2. The van der Waals surface area contributed by atoms with E-state index in [9.17, 15) is 0 Å². The molecule has 2 N–H and O–H groups in total. The van der Waals surface area contributed by atoms with Crippen LogP contribution in [-0.2, 0) is 0 Å². The van der Waals surface area contributed by atoms with Crippen LogP contribution < -0.4 is 5.73 Å². The summed E-state index contributed by atoms with van der Waals surface area (Å²) in [4.78, 5) is 0. The van der Waals surface area contributed by atoms with Crippen LogP contribution in [0.4, 0.5) is 0 Å². The molecule has 0 aromatic carbocycles. The number of nitrogens with two attached hydrogens (primary N) is 1. The predicted molar refractivity (Wildman–Crippen MR) is 42.5 cm³/mol. The molecule has 0 aliphatic heterocycles. The quantitative estimate of drug-likeness (QED) is 0.545. The van der Waals surface area contributed by atoms with Crippen LogP contribution in [0.2, 0.25) is 0 Å². The number of allylic oxidation sites excluding steroid dienone is 2. The minimum atomic E-state index is 0.809. The van der Waals surface area contributed by atoms with Gasteiger partial charge >= 0.3 is 0 Å². The molecule has 0 spiro atoms. The Morgan fingerprint density at radius 3 is 2.50 bits per heavy atom. The Hall–Kier alpha value is -0.300. The fourth-order valence-electron chi connectivity index (χ4n) is 2.32.